The van der Waals surface area contributed by atoms with E-state index in [-0.39, 0.29) is 40.8 Å². The number of fused-ring (bicyclic) bond motifs is 1. The number of rotatable bonds is 6. The normalized spacial score (nSPS) is 19.0. The molecule has 2 N–H and O–H groups in total. The van der Waals surface area contributed by atoms with E-state index in [1.165, 1.54) is 0 Å². The number of likely N-dealkylation sites (N-methyl/N-ethyl adjacent to an activating group) is 1. The Morgan fingerprint density at radius 1 is 1.41 bits per heavy atom. The van der Waals surface area contributed by atoms with E-state index < -0.39 is 23.4 Å². The van der Waals surface area contributed by atoms with Crippen LogP contribution in [0.15, 0.2) is 12.3 Å². The Kier molecular flexibility index (Phi) is 5.19. The van der Waals surface area contributed by atoms with Crippen LogP contribution in [-0.2, 0) is 4.79 Å². The van der Waals surface area contributed by atoms with E-state index in [9.17, 15) is 23.2 Å². The van der Waals surface area contributed by atoms with Gasteiger partial charge in [0.2, 0.25) is 0 Å². The number of carboxylic acid groups (broad SMARTS) is 1. The molecular weight excluding hydrogens is 361 g/mol. The molecule has 9 heteroatoms. The maximum absolute atomic E-state index is 14.0. The lowest BCUT2D eigenvalue weighted by Crippen LogP contribution is -2.51. The highest BCUT2D eigenvalue weighted by Gasteiger charge is 2.34. The van der Waals surface area contributed by atoms with Gasteiger partial charge in [0.1, 0.15) is 11.6 Å². The summed E-state index contributed by atoms with van der Waals surface area (Å²) in [7, 11) is 0. The number of aromatic nitrogens is 1. The highest BCUT2D eigenvalue weighted by molar-refractivity contribution is 5.94. The number of halogens is 3. The van der Waals surface area contributed by atoms with Gasteiger partial charge in [-0.1, -0.05) is 6.92 Å². The molecule has 2 aromatic rings. The van der Waals surface area contributed by atoms with Gasteiger partial charge < -0.3 is 10.4 Å². The molecular formula is C18H17F3N4O2. The van der Waals surface area contributed by atoms with Gasteiger partial charge >= 0.3 is 5.97 Å². The second-order valence-corrected chi connectivity index (χ2v) is 6.46. The van der Waals surface area contributed by atoms with Crippen LogP contribution in [0.25, 0.3) is 10.9 Å². The van der Waals surface area contributed by atoms with Crippen molar-refractivity contribution >= 4 is 22.6 Å². The maximum Gasteiger partial charge on any atom is 0.317 e. The number of nitriles is 1. The van der Waals surface area contributed by atoms with Crippen LogP contribution in [0.3, 0.4) is 0 Å². The van der Waals surface area contributed by atoms with Gasteiger partial charge in [0, 0.05) is 23.7 Å². The smallest absolute Gasteiger partial charge is 0.317 e. The molecule has 6 nitrogen and oxygen atoms in total. The minimum absolute atomic E-state index is 0.00761. The van der Waals surface area contributed by atoms with Gasteiger partial charge in [0.25, 0.3) is 0 Å². The summed E-state index contributed by atoms with van der Waals surface area (Å²) in [4.78, 5) is 16.5. The first-order valence-electron chi connectivity index (χ1n) is 8.44. The van der Waals surface area contributed by atoms with Crippen LogP contribution in [0.1, 0.15) is 25.3 Å². The van der Waals surface area contributed by atoms with Crippen molar-refractivity contribution in [1.29, 1.82) is 5.26 Å². The van der Waals surface area contributed by atoms with Gasteiger partial charge in [0.05, 0.1) is 17.8 Å². The number of hydrogen-bond acceptors (Lipinski definition) is 5. The fraction of sp³-hybridized carbons (Fsp3) is 0.389. The van der Waals surface area contributed by atoms with E-state index in [1.54, 1.807) is 0 Å². The molecule has 1 aliphatic rings. The number of carbonyl (C=O) groups is 1. The van der Waals surface area contributed by atoms with Crippen LogP contribution in [-0.4, -0.2) is 46.1 Å². The molecule has 1 aromatic heterocycles. The molecule has 27 heavy (non-hydrogen) atoms. The Morgan fingerprint density at radius 3 is 2.70 bits per heavy atom. The van der Waals surface area contributed by atoms with Crippen LogP contribution in [0.4, 0.5) is 18.9 Å². The lowest BCUT2D eigenvalue weighted by Gasteiger charge is -2.42. The Bertz CT molecular complexity index is 939. The maximum atomic E-state index is 14.0. The number of anilines is 1. The largest absolute Gasteiger partial charge is 0.480 e. The summed E-state index contributed by atoms with van der Waals surface area (Å²) < 4.78 is 41.1. The summed E-state index contributed by atoms with van der Waals surface area (Å²) in [5, 5.41) is 21.3. The summed E-state index contributed by atoms with van der Waals surface area (Å²) in [5.74, 6) is -5.28. The van der Waals surface area contributed by atoms with E-state index >= 15 is 0 Å². The summed E-state index contributed by atoms with van der Waals surface area (Å²) >= 11 is 0. The average molecular weight is 378 g/mol. The molecule has 0 aliphatic heterocycles. The molecule has 1 saturated carbocycles. The van der Waals surface area contributed by atoms with Crippen molar-refractivity contribution < 1.29 is 23.1 Å². The molecule has 1 aromatic carbocycles. The number of pyridine rings is 1. The number of hydrogen-bond donors (Lipinski definition) is 2. The molecule has 3 rings (SSSR count). The van der Waals surface area contributed by atoms with Crippen molar-refractivity contribution in [2.24, 2.45) is 0 Å². The van der Waals surface area contributed by atoms with E-state index in [0.717, 1.165) is 12.3 Å². The summed E-state index contributed by atoms with van der Waals surface area (Å²) in [6.45, 7) is 2.39. The lowest BCUT2D eigenvalue weighted by molar-refractivity contribution is -0.139. The zero-order chi connectivity index (χ0) is 19.7. The third kappa shape index (κ3) is 3.53. The van der Waals surface area contributed by atoms with Crippen molar-refractivity contribution in [2.45, 2.75) is 31.8 Å². The molecule has 0 unspecified atom stereocenters. The predicted octanol–water partition coefficient (Wildman–Crippen LogP) is 2.87. The summed E-state index contributed by atoms with van der Waals surface area (Å²) in [6.07, 6.45) is 2.34. The minimum atomic E-state index is -1.61. The van der Waals surface area contributed by atoms with Crippen molar-refractivity contribution in [3.63, 3.8) is 0 Å². The first-order chi connectivity index (χ1) is 12.8. The van der Waals surface area contributed by atoms with Crippen LogP contribution in [0, 0.1) is 28.8 Å². The van der Waals surface area contributed by atoms with Gasteiger partial charge in [-0.2, -0.15) is 5.26 Å². The number of aliphatic carboxylic acids is 1. The fourth-order valence-electron chi connectivity index (χ4n) is 3.36. The Labute approximate surface area is 153 Å². The third-order valence-corrected chi connectivity index (χ3v) is 4.84. The Morgan fingerprint density at radius 2 is 2.11 bits per heavy atom. The van der Waals surface area contributed by atoms with E-state index in [4.69, 9.17) is 5.11 Å². The molecule has 1 heterocycles. The predicted molar refractivity (Wildman–Crippen MR) is 91.6 cm³/mol. The zero-order valence-electron chi connectivity index (χ0n) is 14.5. The molecule has 0 bridgehead atoms. The molecule has 0 amide bonds. The Hall–Kier alpha value is -2.86. The summed E-state index contributed by atoms with van der Waals surface area (Å²) in [5.41, 5.74) is -0.0633. The van der Waals surface area contributed by atoms with E-state index in [1.807, 2.05) is 17.9 Å². The molecule has 1 fully saturated rings. The first kappa shape index (κ1) is 18.9. The SMILES string of the molecule is CCN(CC(=O)O)C1CC(Nc2c(C#N)cnc3c(F)c(F)c(F)cc23)C1. The summed E-state index contributed by atoms with van der Waals surface area (Å²) in [6, 6.07) is 2.69. The van der Waals surface area contributed by atoms with Crippen LogP contribution >= 0.6 is 0 Å². The molecule has 0 spiro atoms. The first-order valence-corrected chi connectivity index (χ1v) is 8.44. The second-order valence-electron chi connectivity index (χ2n) is 6.46. The standard InChI is InChI=1S/C18H17F3N4O2/c1-2-25(8-14(26)27)11-3-10(4-11)24-17-9(6-22)7-23-18-12(17)5-13(19)15(20)16(18)21/h5,7,10-11H,2-4,8H2,1H3,(H,23,24)(H,26,27). The van der Waals surface area contributed by atoms with Gasteiger partial charge in [-0.05, 0) is 25.5 Å². The minimum Gasteiger partial charge on any atom is -0.480 e. The van der Waals surface area contributed by atoms with Gasteiger partial charge in [0.15, 0.2) is 17.5 Å². The fourth-order valence-corrected chi connectivity index (χ4v) is 3.36. The quantitative estimate of drug-likeness (QED) is 0.752. The number of nitrogens with zero attached hydrogens (tertiary/aromatic N) is 3. The van der Waals surface area contributed by atoms with Gasteiger partial charge in [-0.25, -0.2) is 13.2 Å². The van der Waals surface area contributed by atoms with E-state index in [0.29, 0.717) is 19.4 Å². The van der Waals surface area contributed by atoms with Crippen molar-refractivity contribution in [2.75, 3.05) is 18.4 Å². The monoisotopic (exact) mass is 378 g/mol. The Balaban J connectivity index is 1.86. The average Bonchev–Trinajstić information content (AvgIpc) is 2.60. The van der Waals surface area contributed by atoms with Crippen molar-refractivity contribution in [3.8, 4) is 6.07 Å². The highest BCUT2D eigenvalue weighted by atomic mass is 19.2. The number of benzene rings is 1. The molecule has 142 valence electrons. The molecule has 0 radical (unpaired) electrons. The third-order valence-electron chi connectivity index (χ3n) is 4.84. The van der Waals surface area contributed by atoms with Crippen LogP contribution in [0.5, 0.6) is 0 Å². The second kappa shape index (κ2) is 7.40. The molecule has 0 atom stereocenters. The van der Waals surface area contributed by atoms with Crippen LogP contribution < -0.4 is 5.32 Å². The van der Waals surface area contributed by atoms with Gasteiger partial charge in [-0.15, -0.1) is 0 Å². The lowest BCUT2D eigenvalue weighted by atomic mass is 9.85. The van der Waals surface area contributed by atoms with Crippen molar-refractivity contribution in [3.05, 3.63) is 35.3 Å². The zero-order valence-corrected chi connectivity index (χ0v) is 14.5. The molecule has 1 aliphatic carbocycles. The van der Waals surface area contributed by atoms with Crippen LogP contribution in [0.2, 0.25) is 0 Å². The number of carboxylic acids is 1. The topological polar surface area (TPSA) is 89.3 Å². The van der Waals surface area contributed by atoms with Gasteiger partial charge in [-0.3, -0.25) is 14.7 Å². The highest BCUT2D eigenvalue weighted by Crippen LogP contribution is 2.34. The van der Waals surface area contributed by atoms with E-state index in [2.05, 4.69) is 10.3 Å². The molecule has 0 saturated heterocycles. The van der Waals surface area contributed by atoms with Crippen molar-refractivity contribution in [1.82, 2.24) is 9.88 Å². The number of nitrogens with one attached hydrogen (secondary N) is 1.